The minimum Gasteiger partial charge on any atom is -0.466 e. The zero-order valence-electron chi connectivity index (χ0n) is 17.3. The molecular formula is C25H28O4. The Balaban J connectivity index is 1.59. The molecule has 4 rings (SSSR count). The lowest BCUT2D eigenvalue weighted by atomic mass is 9.83. The molecule has 4 heteroatoms. The zero-order chi connectivity index (χ0) is 20.5. The molecule has 0 saturated heterocycles. The van der Waals surface area contributed by atoms with Crippen LogP contribution < -0.4 is 4.74 Å². The predicted octanol–water partition coefficient (Wildman–Crippen LogP) is 5.35. The Morgan fingerprint density at radius 3 is 2.10 bits per heavy atom. The van der Waals surface area contributed by atoms with E-state index in [1.54, 1.807) is 0 Å². The molecule has 152 valence electrons. The number of esters is 1. The summed E-state index contributed by atoms with van der Waals surface area (Å²) in [6.45, 7) is 6.43. The van der Waals surface area contributed by atoms with E-state index in [-0.39, 0.29) is 35.4 Å². The first kappa shape index (κ1) is 19.7. The summed E-state index contributed by atoms with van der Waals surface area (Å²) in [5, 5.41) is 0. The van der Waals surface area contributed by atoms with Gasteiger partial charge in [0.2, 0.25) is 0 Å². The number of hydrogen-bond acceptors (Lipinski definition) is 4. The minimum absolute atomic E-state index is 0.0493. The highest BCUT2D eigenvalue weighted by Gasteiger charge is 2.59. The van der Waals surface area contributed by atoms with Gasteiger partial charge in [-0.3, -0.25) is 9.59 Å². The van der Waals surface area contributed by atoms with Crippen LogP contribution in [0.3, 0.4) is 0 Å². The molecule has 4 nitrogen and oxygen atoms in total. The first-order valence-electron chi connectivity index (χ1n) is 10.6. The lowest BCUT2D eigenvalue weighted by Gasteiger charge is -2.28. The van der Waals surface area contributed by atoms with E-state index >= 15 is 0 Å². The molecule has 29 heavy (non-hydrogen) atoms. The Bertz CT molecular complexity index is 871. The van der Waals surface area contributed by atoms with Gasteiger partial charge in [0.15, 0.2) is 0 Å². The fourth-order valence-electron chi connectivity index (χ4n) is 4.78. The summed E-state index contributed by atoms with van der Waals surface area (Å²) >= 11 is 0. The normalized spacial score (nSPS) is 22.4. The number of Topliss-reactive ketones (excluding diaryl/α,β-unsaturated/α-hetero) is 1. The van der Waals surface area contributed by atoms with E-state index in [0.29, 0.717) is 18.9 Å². The van der Waals surface area contributed by atoms with Crippen molar-refractivity contribution >= 4 is 11.8 Å². The van der Waals surface area contributed by atoms with Gasteiger partial charge in [0.1, 0.15) is 17.3 Å². The van der Waals surface area contributed by atoms with Gasteiger partial charge < -0.3 is 9.47 Å². The van der Waals surface area contributed by atoms with Crippen molar-refractivity contribution in [3.05, 3.63) is 59.7 Å². The van der Waals surface area contributed by atoms with E-state index in [1.807, 2.05) is 55.5 Å². The van der Waals surface area contributed by atoms with E-state index in [4.69, 9.17) is 9.47 Å². The van der Waals surface area contributed by atoms with Crippen molar-refractivity contribution in [2.24, 2.45) is 23.7 Å². The van der Waals surface area contributed by atoms with E-state index < -0.39 is 0 Å². The third kappa shape index (κ3) is 3.81. The molecule has 0 N–H and O–H groups in total. The van der Waals surface area contributed by atoms with Crippen LogP contribution in [0.2, 0.25) is 0 Å². The van der Waals surface area contributed by atoms with Gasteiger partial charge in [-0.05, 0) is 37.3 Å². The van der Waals surface area contributed by atoms with Crippen LogP contribution in [0.4, 0.5) is 0 Å². The molecule has 0 amide bonds. The maximum absolute atomic E-state index is 13.4. The van der Waals surface area contributed by atoms with Crippen molar-refractivity contribution in [2.75, 3.05) is 6.61 Å². The largest absolute Gasteiger partial charge is 0.466 e. The van der Waals surface area contributed by atoms with Gasteiger partial charge in [-0.15, -0.1) is 0 Å². The average molecular weight is 392 g/mol. The molecule has 1 aliphatic heterocycles. The number of fused-ring (bicyclic) bond motifs is 2. The van der Waals surface area contributed by atoms with Crippen molar-refractivity contribution in [2.45, 2.75) is 39.5 Å². The number of para-hydroxylation sites is 2. The monoisotopic (exact) mass is 392 g/mol. The second kappa shape index (κ2) is 8.02. The molecule has 0 bridgehead atoms. The molecule has 1 saturated carbocycles. The van der Waals surface area contributed by atoms with Gasteiger partial charge in [0.05, 0.1) is 12.5 Å². The van der Waals surface area contributed by atoms with Crippen LogP contribution in [-0.2, 0) is 14.3 Å². The fraction of sp³-hybridized carbons (Fsp3) is 0.440. The van der Waals surface area contributed by atoms with Crippen LogP contribution in [0.1, 0.15) is 50.7 Å². The van der Waals surface area contributed by atoms with Gasteiger partial charge in [-0.2, -0.15) is 0 Å². The lowest BCUT2D eigenvalue weighted by molar-refractivity contribution is -0.146. The summed E-state index contributed by atoms with van der Waals surface area (Å²) < 4.78 is 11.3. The second-order valence-electron chi connectivity index (χ2n) is 8.50. The second-order valence-corrected chi connectivity index (χ2v) is 8.50. The van der Waals surface area contributed by atoms with Crippen molar-refractivity contribution in [3.63, 3.8) is 0 Å². The van der Waals surface area contributed by atoms with Crippen LogP contribution >= 0.6 is 0 Å². The van der Waals surface area contributed by atoms with Gasteiger partial charge in [0.25, 0.3) is 0 Å². The average Bonchev–Trinajstić information content (AvgIpc) is 3.41. The van der Waals surface area contributed by atoms with Gasteiger partial charge in [-0.25, -0.2) is 0 Å². The van der Waals surface area contributed by atoms with E-state index in [9.17, 15) is 9.59 Å². The zero-order valence-corrected chi connectivity index (χ0v) is 17.3. The van der Waals surface area contributed by atoms with Gasteiger partial charge >= 0.3 is 5.97 Å². The number of carbonyl (C=O) groups is 2. The molecule has 2 aliphatic rings. The SMILES string of the molecule is CCOC(=O)C1C(CC(C)C)C1C(=O)CC1c2ccccc2Oc2ccccc21. The Kier molecular flexibility index (Phi) is 5.44. The summed E-state index contributed by atoms with van der Waals surface area (Å²) in [6.07, 6.45) is 1.26. The smallest absolute Gasteiger partial charge is 0.309 e. The predicted molar refractivity (Wildman–Crippen MR) is 111 cm³/mol. The third-order valence-corrected chi connectivity index (χ3v) is 6.06. The summed E-state index contributed by atoms with van der Waals surface area (Å²) in [6, 6.07) is 15.8. The Morgan fingerprint density at radius 2 is 1.55 bits per heavy atom. The fourth-order valence-corrected chi connectivity index (χ4v) is 4.78. The number of carbonyl (C=O) groups excluding carboxylic acids is 2. The van der Waals surface area contributed by atoms with Crippen LogP contribution in [0.5, 0.6) is 11.5 Å². The van der Waals surface area contributed by atoms with E-state index in [1.165, 1.54) is 0 Å². The lowest BCUT2D eigenvalue weighted by Crippen LogP contribution is -2.17. The topological polar surface area (TPSA) is 52.6 Å². The van der Waals surface area contributed by atoms with Crippen molar-refractivity contribution in [1.82, 2.24) is 0 Å². The third-order valence-electron chi connectivity index (χ3n) is 6.06. The van der Waals surface area contributed by atoms with Crippen molar-refractivity contribution in [1.29, 1.82) is 0 Å². The van der Waals surface area contributed by atoms with Crippen LogP contribution in [0.25, 0.3) is 0 Å². The molecule has 1 fully saturated rings. The quantitative estimate of drug-likeness (QED) is 0.596. The first-order chi connectivity index (χ1) is 14.0. The molecular weight excluding hydrogens is 364 g/mol. The van der Waals surface area contributed by atoms with Crippen molar-refractivity contribution < 1.29 is 19.1 Å². The van der Waals surface area contributed by atoms with Crippen LogP contribution in [-0.4, -0.2) is 18.4 Å². The highest BCUT2D eigenvalue weighted by atomic mass is 16.5. The summed E-state index contributed by atoms with van der Waals surface area (Å²) in [5.74, 6) is 1.54. The summed E-state index contributed by atoms with van der Waals surface area (Å²) in [7, 11) is 0. The number of benzene rings is 2. The molecule has 3 atom stereocenters. The highest BCUT2D eigenvalue weighted by Crippen LogP contribution is 2.54. The maximum atomic E-state index is 13.4. The molecule has 2 aromatic rings. The summed E-state index contributed by atoms with van der Waals surface area (Å²) in [4.78, 5) is 25.8. The van der Waals surface area contributed by atoms with Gasteiger partial charge in [-0.1, -0.05) is 50.2 Å². The number of rotatable bonds is 7. The molecule has 1 aliphatic carbocycles. The maximum Gasteiger partial charge on any atom is 0.309 e. The number of ether oxygens (including phenoxy) is 2. The molecule has 3 unspecified atom stereocenters. The Labute approximate surface area is 172 Å². The summed E-state index contributed by atoms with van der Waals surface area (Å²) in [5.41, 5.74) is 2.07. The van der Waals surface area contributed by atoms with E-state index in [0.717, 1.165) is 29.0 Å². The number of ketones is 1. The standard InChI is InChI=1S/C25H28O4/c1-4-28-25(27)24-19(13-15(2)3)23(24)20(26)14-18-16-9-5-7-11-21(16)29-22-12-8-6-10-17(18)22/h5-12,15,18-19,23-24H,4,13-14H2,1-3H3. The molecule has 0 spiro atoms. The van der Waals surface area contributed by atoms with Crippen LogP contribution in [0.15, 0.2) is 48.5 Å². The molecule has 0 radical (unpaired) electrons. The van der Waals surface area contributed by atoms with E-state index in [2.05, 4.69) is 13.8 Å². The Morgan fingerprint density at radius 1 is 0.966 bits per heavy atom. The molecule has 1 heterocycles. The van der Waals surface area contributed by atoms with Crippen LogP contribution in [0, 0.1) is 23.7 Å². The first-order valence-corrected chi connectivity index (χ1v) is 10.6. The number of hydrogen-bond donors (Lipinski definition) is 0. The molecule has 0 aromatic heterocycles. The van der Waals surface area contributed by atoms with Crippen molar-refractivity contribution in [3.8, 4) is 11.5 Å². The minimum atomic E-state index is -0.282. The molecule has 2 aromatic carbocycles. The van der Waals surface area contributed by atoms with Gasteiger partial charge in [0, 0.05) is 29.4 Å². The highest BCUT2D eigenvalue weighted by molar-refractivity contribution is 5.93. The Hall–Kier alpha value is -2.62.